The van der Waals surface area contributed by atoms with Crippen LogP contribution in [0, 0.1) is 0 Å². The number of nitrogens with zero attached hydrogens (tertiary/aromatic N) is 1. The Morgan fingerprint density at radius 2 is 0.897 bits per heavy atom. The van der Waals surface area contributed by atoms with E-state index in [0.717, 1.165) is 32.1 Å². The lowest BCUT2D eigenvalue weighted by molar-refractivity contribution is -0.870. The summed E-state index contributed by atoms with van der Waals surface area (Å²) in [7, 11) is 1.36. The van der Waals surface area contributed by atoms with E-state index in [1.165, 1.54) is 173 Å². The maximum atomic E-state index is 12.7. The van der Waals surface area contributed by atoms with Crippen molar-refractivity contribution < 1.29 is 37.3 Å². The summed E-state index contributed by atoms with van der Waals surface area (Å²) in [6.45, 7) is 5.42. The van der Waals surface area contributed by atoms with E-state index in [0.29, 0.717) is 24.1 Å². The molecule has 58 heavy (non-hydrogen) atoms. The van der Waals surface area contributed by atoms with E-state index in [-0.39, 0.29) is 25.8 Å². The number of ether oxygens (including phenoxy) is 2. The number of phosphoric acid groups is 1. The molecule has 0 aliphatic heterocycles. The molecule has 0 aromatic carbocycles. The van der Waals surface area contributed by atoms with Crippen LogP contribution in [0.15, 0.2) is 24.3 Å². The van der Waals surface area contributed by atoms with Gasteiger partial charge in [-0.3, -0.25) is 9.36 Å². The standard InChI is InChI=1S/C49H96NO7P/c1-6-8-10-12-14-16-18-20-22-23-24-25-26-27-28-30-32-34-36-38-40-42-49(51)57-48(47-56-58(52,53)55-45-43-50(3,4)5)46-54-44-41-39-37-35-33-31-29-21-19-17-15-13-11-9-7-2/h19,21,23-24,48H,6-18,20,22,25-47H2,1-5H3/b21-19-,24-23-. The molecule has 0 aliphatic carbocycles. The van der Waals surface area contributed by atoms with Crippen molar-refractivity contribution in [2.75, 3.05) is 54.1 Å². The van der Waals surface area contributed by atoms with E-state index in [4.69, 9.17) is 18.5 Å². The topological polar surface area (TPSA) is 94.1 Å². The van der Waals surface area contributed by atoms with Gasteiger partial charge >= 0.3 is 5.97 Å². The molecule has 0 aromatic heterocycles. The van der Waals surface area contributed by atoms with Gasteiger partial charge in [0, 0.05) is 13.0 Å². The van der Waals surface area contributed by atoms with Crippen LogP contribution in [0.3, 0.4) is 0 Å². The lowest BCUT2D eigenvalue weighted by Crippen LogP contribution is -2.37. The fourth-order valence-electron chi connectivity index (χ4n) is 6.89. The number of hydrogen-bond donors (Lipinski definition) is 0. The van der Waals surface area contributed by atoms with E-state index in [1.54, 1.807) is 0 Å². The molecule has 2 atom stereocenters. The predicted octanol–water partition coefficient (Wildman–Crippen LogP) is 14.1. The van der Waals surface area contributed by atoms with Crippen molar-refractivity contribution in [1.82, 2.24) is 0 Å². The zero-order valence-corrected chi connectivity index (χ0v) is 39.9. The van der Waals surface area contributed by atoms with Gasteiger partial charge in [-0.25, -0.2) is 0 Å². The van der Waals surface area contributed by atoms with Crippen LogP contribution in [0.25, 0.3) is 0 Å². The summed E-state index contributed by atoms with van der Waals surface area (Å²) in [6.07, 6.45) is 49.1. The van der Waals surface area contributed by atoms with Crippen molar-refractivity contribution in [3.63, 3.8) is 0 Å². The zero-order chi connectivity index (χ0) is 42.7. The number of likely N-dealkylation sites (N-methyl/N-ethyl adjacent to an activating group) is 1. The first-order valence-electron chi connectivity index (χ1n) is 24.6. The fraction of sp³-hybridized carbons (Fsp3) is 0.898. The molecule has 0 aliphatic rings. The molecule has 0 fully saturated rings. The second kappa shape index (κ2) is 42.7. The molecule has 8 nitrogen and oxygen atoms in total. The first kappa shape index (κ1) is 57.0. The van der Waals surface area contributed by atoms with Gasteiger partial charge in [0.15, 0.2) is 0 Å². The molecule has 0 N–H and O–H groups in total. The molecule has 0 radical (unpaired) electrons. The quantitative estimate of drug-likeness (QED) is 0.0198. The van der Waals surface area contributed by atoms with E-state index >= 15 is 0 Å². The Labute approximate surface area is 360 Å². The van der Waals surface area contributed by atoms with Crippen LogP contribution in [-0.4, -0.2) is 70.7 Å². The maximum absolute atomic E-state index is 12.7. The van der Waals surface area contributed by atoms with E-state index in [9.17, 15) is 14.3 Å². The molecule has 0 bridgehead atoms. The Bertz CT molecular complexity index is 983. The molecule has 344 valence electrons. The van der Waals surface area contributed by atoms with Gasteiger partial charge in [-0.05, 0) is 64.2 Å². The first-order valence-corrected chi connectivity index (χ1v) is 26.0. The molecule has 0 heterocycles. The number of carbonyl (C=O) groups excluding carboxylic acids is 1. The highest BCUT2D eigenvalue weighted by molar-refractivity contribution is 7.45. The number of phosphoric ester groups is 1. The van der Waals surface area contributed by atoms with Crippen LogP contribution in [0.5, 0.6) is 0 Å². The third-order valence-electron chi connectivity index (χ3n) is 10.7. The SMILES string of the molecule is CCCCCCC/C=C\CCCCCCCCOCC(COP(=O)([O-])OCC[N+](C)(C)C)OC(=O)CCCCCCCCCCC/C=C\CCCCCCCCCC. The van der Waals surface area contributed by atoms with Crippen LogP contribution in [0.2, 0.25) is 0 Å². The van der Waals surface area contributed by atoms with Crippen molar-refractivity contribution in [1.29, 1.82) is 0 Å². The molecule has 0 rings (SSSR count). The number of rotatable bonds is 46. The van der Waals surface area contributed by atoms with Gasteiger partial charge in [-0.1, -0.05) is 179 Å². The molecular formula is C49H96NO7P. The largest absolute Gasteiger partial charge is 0.756 e. The zero-order valence-electron chi connectivity index (χ0n) is 39.0. The van der Waals surface area contributed by atoms with Crippen molar-refractivity contribution in [2.24, 2.45) is 0 Å². The molecular weight excluding hydrogens is 746 g/mol. The molecule has 0 saturated heterocycles. The van der Waals surface area contributed by atoms with E-state index < -0.39 is 13.9 Å². The van der Waals surface area contributed by atoms with Gasteiger partial charge in [-0.15, -0.1) is 0 Å². The van der Waals surface area contributed by atoms with Gasteiger partial charge in [0.25, 0.3) is 7.82 Å². The smallest absolute Gasteiger partial charge is 0.306 e. The summed E-state index contributed by atoms with van der Waals surface area (Å²) >= 11 is 0. The number of hydrogen-bond acceptors (Lipinski definition) is 7. The van der Waals surface area contributed by atoms with Gasteiger partial charge in [0.1, 0.15) is 19.3 Å². The minimum Gasteiger partial charge on any atom is -0.756 e. The Morgan fingerprint density at radius 3 is 1.31 bits per heavy atom. The van der Waals surface area contributed by atoms with Crippen LogP contribution >= 0.6 is 7.82 Å². The predicted molar refractivity (Wildman–Crippen MR) is 245 cm³/mol. The average Bonchev–Trinajstić information content (AvgIpc) is 3.18. The Hall–Kier alpha value is -1.02. The first-order chi connectivity index (χ1) is 28.1. The van der Waals surface area contributed by atoms with Crippen molar-refractivity contribution in [2.45, 2.75) is 232 Å². The average molecular weight is 842 g/mol. The molecule has 9 heteroatoms. The van der Waals surface area contributed by atoms with E-state index in [1.807, 2.05) is 21.1 Å². The Morgan fingerprint density at radius 1 is 0.517 bits per heavy atom. The summed E-state index contributed by atoms with van der Waals surface area (Å²) in [5, 5.41) is 0. The number of carbonyl (C=O) groups is 1. The molecule has 0 saturated carbocycles. The van der Waals surface area contributed by atoms with Crippen molar-refractivity contribution in [3.05, 3.63) is 24.3 Å². The highest BCUT2D eigenvalue weighted by Crippen LogP contribution is 2.38. The van der Waals surface area contributed by atoms with Gasteiger partial charge in [0.2, 0.25) is 0 Å². The number of allylic oxidation sites excluding steroid dienone is 4. The minimum atomic E-state index is -4.53. The van der Waals surface area contributed by atoms with E-state index in [2.05, 4.69) is 38.2 Å². The summed E-state index contributed by atoms with van der Waals surface area (Å²) < 4.78 is 34.7. The highest BCUT2D eigenvalue weighted by atomic mass is 31.2. The number of quaternary nitrogens is 1. The minimum absolute atomic E-state index is 0.0260. The number of unbranched alkanes of at least 4 members (excludes halogenated alkanes) is 28. The Balaban J connectivity index is 4.15. The lowest BCUT2D eigenvalue weighted by atomic mass is 10.1. The lowest BCUT2D eigenvalue weighted by Gasteiger charge is -2.28. The van der Waals surface area contributed by atoms with Crippen molar-refractivity contribution >= 4 is 13.8 Å². The molecule has 2 unspecified atom stereocenters. The normalized spacial score (nSPS) is 13.8. The molecule has 0 aromatic rings. The number of esters is 1. The highest BCUT2D eigenvalue weighted by Gasteiger charge is 2.20. The van der Waals surface area contributed by atoms with Crippen LogP contribution in [-0.2, 0) is 27.9 Å². The van der Waals surface area contributed by atoms with Crippen LogP contribution < -0.4 is 4.89 Å². The summed E-state index contributed by atoms with van der Waals surface area (Å²) in [5.41, 5.74) is 0. The Kier molecular flexibility index (Phi) is 41.9. The van der Waals surface area contributed by atoms with Crippen molar-refractivity contribution in [3.8, 4) is 0 Å². The third kappa shape index (κ3) is 46.1. The fourth-order valence-corrected chi connectivity index (χ4v) is 7.62. The van der Waals surface area contributed by atoms with Crippen LogP contribution in [0.1, 0.15) is 226 Å². The summed E-state index contributed by atoms with van der Waals surface area (Å²) in [4.78, 5) is 25.1. The second-order valence-electron chi connectivity index (χ2n) is 17.8. The van der Waals surface area contributed by atoms with Gasteiger partial charge < -0.3 is 27.9 Å². The second-order valence-corrected chi connectivity index (χ2v) is 19.2. The van der Waals surface area contributed by atoms with Crippen LogP contribution in [0.4, 0.5) is 0 Å². The van der Waals surface area contributed by atoms with Gasteiger partial charge in [0.05, 0.1) is 34.4 Å². The molecule has 0 spiro atoms. The monoisotopic (exact) mass is 842 g/mol. The third-order valence-corrected chi connectivity index (χ3v) is 11.7. The summed E-state index contributed by atoms with van der Waals surface area (Å²) in [5.74, 6) is -0.336. The van der Waals surface area contributed by atoms with Gasteiger partial charge in [-0.2, -0.15) is 0 Å². The summed E-state index contributed by atoms with van der Waals surface area (Å²) in [6, 6.07) is 0. The molecule has 0 amide bonds. The maximum Gasteiger partial charge on any atom is 0.306 e.